The van der Waals surface area contributed by atoms with Crippen LogP contribution in [0.25, 0.3) is 0 Å². The summed E-state index contributed by atoms with van der Waals surface area (Å²) in [7, 11) is 1.65. The molecule has 1 aromatic carbocycles. The lowest BCUT2D eigenvalue weighted by atomic mass is 10.1. The highest BCUT2D eigenvalue weighted by atomic mass is 19.4. The van der Waals surface area contributed by atoms with Crippen molar-refractivity contribution >= 4 is 11.9 Å². The molecule has 1 fully saturated rings. The molecule has 0 saturated heterocycles. The molecule has 0 bridgehead atoms. The van der Waals surface area contributed by atoms with E-state index in [-0.39, 0.29) is 12.6 Å². The first kappa shape index (κ1) is 17.3. The smallest absolute Gasteiger partial charge is 0.335 e. The lowest BCUT2D eigenvalue weighted by Gasteiger charge is -2.16. The minimum atomic E-state index is -4.36. The van der Waals surface area contributed by atoms with Crippen LogP contribution in [0.5, 0.6) is 0 Å². The molecule has 0 aromatic heterocycles. The Hall–Kier alpha value is -2.09. The average Bonchev–Trinajstić information content (AvgIpc) is 3.21. The Balaban J connectivity index is 1.78. The first-order valence-electron chi connectivity index (χ1n) is 7.19. The number of halogens is 3. The van der Waals surface area contributed by atoms with Gasteiger partial charge in [0.05, 0.1) is 12.1 Å². The van der Waals surface area contributed by atoms with Crippen LogP contribution in [-0.4, -0.2) is 36.5 Å². The second-order valence-electron chi connectivity index (χ2n) is 5.66. The van der Waals surface area contributed by atoms with Crippen molar-refractivity contribution in [2.24, 2.45) is 0 Å². The molecule has 5 nitrogen and oxygen atoms in total. The molecule has 0 radical (unpaired) electrons. The van der Waals surface area contributed by atoms with Gasteiger partial charge in [0, 0.05) is 12.6 Å². The number of hydrogen-bond donors (Lipinski definition) is 2. The highest BCUT2D eigenvalue weighted by molar-refractivity contribution is 5.95. The molecule has 2 N–H and O–H groups in total. The van der Waals surface area contributed by atoms with Gasteiger partial charge in [-0.05, 0) is 37.6 Å². The maximum Gasteiger partial charge on any atom is 0.416 e. The number of urea groups is 1. The minimum absolute atomic E-state index is 0.0287. The molecule has 0 spiro atoms. The van der Waals surface area contributed by atoms with Gasteiger partial charge < -0.3 is 5.32 Å². The highest BCUT2D eigenvalue weighted by Gasteiger charge is 2.30. The summed E-state index contributed by atoms with van der Waals surface area (Å²) in [5, 5.41) is 4.85. The summed E-state index contributed by atoms with van der Waals surface area (Å²) >= 11 is 0. The van der Waals surface area contributed by atoms with Crippen LogP contribution in [0.3, 0.4) is 0 Å². The Kier molecular flexibility index (Phi) is 5.25. The summed E-state index contributed by atoms with van der Waals surface area (Å²) in [6.07, 6.45) is -2.51. The number of alkyl halides is 3. The van der Waals surface area contributed by atoms with Gasteiger partial charge in [-0.25, -0.2) is 4.79 Å². The Bertz CT molecular complexity index is 568. The third-order valence-corrected chi connectivity index (χ3v) is 3.31. The lowest BCUT2D eigenvalue weighted by molar-refractivity contribution is -0.137. The van der Waals surface area contributed by atoms with Gasteiger partial charge in [0.2, 0.25) is 5.91 Å². The van der Waals surface area contributed by atoms with E-state index < -0.39 is 23.7 Å². The van der Waals surface area contributed by atoms with Crippen LogP contribution in [0.4, 0.5) is 18.0 Å². The van der Waals surface area contributed by atoms with E-state index in [2.05, 4.69) is 10.6 Å². The van der Waals surface area contributed by atoms with Crippen LogP contribution in [0.15, 0.2) is 24.3 Å². The van der Waals surface area contributed by atoms with Crippen molar-refractivity contribution in [3.05, 3.63) is 35.4 Å². The van der Waals surface area contributed by atoms with Gasteiger partial charge in [-0.2, -0.15) is 13.2 Å². The summed E-state index contributed by atoms with van der Waals surface area (Å²) in [5.41, 5.74) is -0.0610. The van der Waals surface area contributed by atoms with Crippen molar-refractivity contribution in [3.63, 3.8) is 0 Å². The molecule has 0 unspecified atom stereocenters. The van der Waals surface area contributed by atoms with E-state index in [0.717, 1.165) is 25.0 Å². The van der Waals surface area contributed by atoms with E-state index >= 15 is 0 Å². The van der Waals surface area contributed by atoms with Gasteiger partial charge in [0.25, 0.3) is 0 Å². The van der Waals surface area contributed by atoms with E-state index in [1.165, 1.54) is 12.1 Å². The molecular weight excluding hydrogens is 311 g/mol. The van der Waals surface area contributed by atoms with Crippen molar-refractivity contribution in [2.75, 3.05) is 13.6 Å². The van der Waals surface area contributed by atoms with E-state index in [1.807, 2.05) is 0 Å². The lowest BCUT2D eigenvalue weighted by Crippen LogP contribution is -2.44. The molecule has 1 saturated carbocycles. The second-order valence-corrected chi connectivity index (χ2v) is 5.66. The number of benzene rings is 1. The third-order valence-electron chi connectivity index (χ3n) is 3.31. The molecular formula is C15H18F3N3O2. The van der Waals surface area contributed by atoms with Gasteiger partial charge in [0.15, 0.2) is 0 Å². The van der Waals surface area contributed by atoms with Crippen LogP contribution in [0.1, 0.15) is 24.0 Å². The molecule has 126 valence electrons. The molecule has 1 aliphatic rings. The second kappa shape index (κ2) is 6.99. The Morgan fingerprint density at radius 2 is 1.83 bits per heavy atom. The summed E-state index contributed by atoms with van der Waals surface area (Å²) in [4.78, 5) is 24.7. The maximum atomic E-state index is 12.5. The number of nitrogens with zero attached hydrogens (tertiary/aromatic N) is 1. The van der Waals surface area contributed by atoms with Crippen molar-refractivity contribution < 1.29 is 22.8 Å². The number of rotatable bonds is 5. The molecule has 2 rings (SSSR count). The predicted molar refractivity (Wildman–Crippen MR) is 77.5 cm³/mol. The van der Waals surface area contributed by atoms with Crippen LogP contribution in [0, 0.1) is 0 Å². The molecule has 0 atom stereocenters. The molecule has 1 aromatic rings. The summed E-state index contributed by atoms with van der Waals surface area (Å²) < 4.78 is 37.4. The zero-order valence-corrected chi connectivity index (χ0v) is 12.6. The van der Waals surface area contributed by atoms with Gasteiger partial charge in [0.1, 0.15) is 0 Å². The summed E-state index contributed by atoms with van der Waals surface area (Å²) in [5.74, 6) is -0.461. The minimum Gasteiger partial charge on any atom is -0.335 e. The normalized spacial score (nSPS) is 14.7. The van der Waals surface area contributed by atoms with Crippen molar-refractivity contribution in [1.29, 1.82) is 0 Å². The van der Waals surface area contributed by atoms with Gasteiger partial charge in [-0.3, -0.25) is 15.0 Å². The number of hydrogen-bond acceptors (Lipinski definition) is 3. The predicted octanol–water partition coefficient (Wildman–Crippen LogP) is 2.13. The molecule has 0 heterocycles. The Morgan fingerprint density at radius 3 is 2.35 bits per heavy atom. The fourth-order valence-corrected chi connectivity index (χ4v) is 2.03. The molecule has 0 aliphatic heterocycles. The Morgan fingerprint density at radius 1 is 1.22 bits per heavy atom. The van der Waals surface area contributed by atoms with E-state index in [1.54, 1.807) is 11.9 Å². The number of carbonyl (C=O) groups excluding carboxylic acids is 2. The van der Waals surface area contributed by atoms with E-state index in [0.29, 0.717) is 12.1 Å². The number of imide groups is 1. The van der Waals surface area contributed by atoms with Gasteiger partial charge in [-0.15, -0.1) is 0 Å². The van der Waals surface area contributed by atoms with Crippen LogP contribution < -0.4 is 10.6 Å². The standard InChI is InChI=1S/C15H18F3N3O2/c1-21(9-13(22)20-14(23)19-12-6-7-12)8-10-2-4-11(5-3-10)15(16,17)18/h2-5,12H,6-9H2,1H3,(H2,19,20,22,23). The number of nitrogens with one attached hydrogen (secondary N) is 2. The molecule has 3 amide bonds. The van der Waals surface area contributed by atoms with Crippen molar-refractivity contribution in [3.8, 4) is 0 Å². The average molecular weight is 329 g/mol. The van der Waals surface area contributed by atoms with Crippen molar-refractivity contribution in [2.45, 2.75) is 31.6 Å². The molecule has 1 aliphatic carbocycles. The summed E-state index contributed by atoms with van der Waals surface area (Å²) in [6, 6.07) is 4.40. The topological polar surface area (TPSA) is 61.4 Å². The van der Waals surface area contributed by atoms with E-state index in [4.69, 9.17) is 0 Å². The highest BCUT2D eigenvalue weighted by Crippen LogP contribution is 2.29. The van der Waals surface area contributed by atoms with Crippen molar-refractivity contribution in [1.82, 2.24) is 15.5 Å². The zero-order valence-electron chi connectivity index (χ0n) is 12.6. The largest absolute Gasteiger partial charge is 0.416 e. The van der Waals surface area contributed by atoms with Crippen LogP contribution in [-0.2, 0) is 17.5 Å². The number of carbonyl (C=O) groups is 2. The van der Waals surface area contributed by atoms with Gasteiger partial charge in [-0.1, -0.05) is 12.1 Å². The zero-order chi connectivity index (χ0) is 17.0. The summed E-state index contributed by atoms with van der Waals surface area (Å²) in [6.45, 7) is 0.273. The third kappa shape index (κ3) is 5.90. The van der Waals surface area contributed by atoms with Crippen LogP contribution in [0.2, 0.25) is 0 Å². The van der Waals surface area contributed by atoms with E-state index in [9.17, 15) is 22.8 Å². The fourth-order valence-electron chi connectivity index (χ4n) is 2.03. The number of likely N-dealkylation sites (N-methyl/N-ethyl adjacent to an activating group) is 1. The first-order valence-corrected chi connectivity index (χ1v) is 7.19. The number of amides is 3. The first-order chi connectivity index (χ1) is 10.7. The van der Waals surface area contributed by atoms with Crippen LogP contribution >= 0.6 is 0 Å². The fraction of sp³-hybridized carbons (Fsp3) is 0.467. The monoisotopic (exact) mass is 329 g/mol. The maximum absolute atomic E-state index is 12.5. The SMILES string of the molecule is CN(CC(=O)NC(=O)NC1CC1)Cc1ccc(C(F)(F)F)cc1. The molecule has 8 heteroatoms. The Labute approximate surface area is 131 Å². The quantitative estimate of drug-likeness (QED) is 0.870. The molecule has 23 heavy (non-hydrogen) atoms. The van der Waals surface area contributed by atoms with Gasteiger partial charge >= 0.3 is 12.2 Å².